The van der Waals surface area contributed by atoms with Gasteiger partial charge in [-0.05, 0) is 38.5 Å². The van der Waals surface area contributed by atoms with Crippen molar-refractivity contribution in [2.24, 2.45) is 0 Å². The number of rotatable bonds is 2. The van der Waals surface area contributed by atoms with Crippen LogP contribution in [0.1, 0.15) is 32.9 Å². The Balaban J connectivity index is 2.29. The van der Waals surface area contributed by atoms with E-state index in [9.17, 15) is 4.79 Å². The van der Waals surface area contributed by atoms with Gasteiger partial charge in [-0.3, -0.25) is 4.79 Å². The monoisotopic (exact) mass is 284 g/mol. The summed E-state index contributed by atoms with van der Waals surface area (Å²) in [7, 11) is 0. The fraction of sp³-hybridized carbons (Fsp3) is 0.250. The van der Waals surface area contributed by atoms with Gasteiger partial charge < -0.3 is 14.9 Å². The number of nitrogens with zero attached hydrogens (tertiary/aromatic N) is 1. The predicted molar refractivity (Wildman–Crippen MR) is 79.1 cm³/mol. The van der Waals surface area contributed by atoms with Crippen LogP contribution in [0.4, 0.5) is 5.69 Å². The average molecular weight is 284 g/mol. The standard InChI is InChI=1S/C16H16N2O3/c1-10-6-7-13(5-4-8-19)9-14(10)17-16(20)15-11(2)18-21-12(15)3/h6-7,9,19H,8H2,1-3H3,(H,17,20). The van der Waals surface area contributed by atoms with Crippen LogP contribution in [0.2, 0.25) is 0 Å². The Bertz CT molecular complexity index is 716. The van der Waals surface area contributed by atoms with Gasteiger partial charge in [-0.2, -0.15) is 0 Å². The summed E-state index contributed by atoms with van der Waals surface area (Å²) in [6, 6.07) is 5.47. The van der Waals surface area contributed by atoms with E-state index < -0.39 is 0 Å². The summed E-state index contributed by atoms with van der Waals surface area (Å²) in [4.78, 5) is 12.3. The molecule has 0 aliphatic heterocycles. The van der Waals surface area contributed by atoms with Crippen LogP contribution >= 0.6 is 0 Å². The van der Waals surface area contributed by atoms with Crippen molar-refractivity contribution < 1.29 is 14.4 Å². The highest BCUT2D eigenvalue weighted by Crippen LogP contribution is 2.19. The van der Waals surface area contributed by atoms with Crippen LogP contribution in [-0.2, 0) is 0 Å². The number of aryl methyl sites for hydroxylation is 3. The molecule has 108 valence electrons. The molecule has 0 fully saturated rings. The first-order valence-corrected chi connectivity index (χ1v) is 6.47. The molecular formula is C16H16N2O3. The Hall–Kier alpha value is -2.58. The van der Waals surface area contributed by atoms with Gasteiger partial charge in [0, 0.05) is 11.3 Å². The fourth-order valence-electron chi connectivity index (χ4n) is 1.97. The molecule has 0 saturated heterocycles. The van der Waals surface area contributed by atoms with Crippen LogP contribution in [-0.4, -0.2) is 22.8 Å². The van der Waals surface area contributed by atoms with Crippen LogP contribution in [0.25, 0.3) is 0 Å². The topological polar surface area (TPSA) is 75.4 Å². The zero-order valence-electron chi connectivity index (χ0n) is 12.2. The number of nitrogens with one attached hydrogen (secondary N) is 1. The minimum atomic E-state index is -0.262. The van der Waals surface area contributed by atoms with Crippen LogP contribution < -0.4 is 5.32 Å². The maximum atomic E-state index is 12.3. The van der Waals surface area contributed by atoms with Crippen LogP contribution in [0.5, 0.6) is 0 Å². The van der Waals surface area contributed by atoms with E-state index in [1.165, 1.54) is 0 Å². The van der Waals surface area contributed by atoms with Gasteiger partial charge in [0.15, 0.2) is 0 Å². The van der Waals surface area contributed by atoms with E-state index in [-0.39, 0.29) is 12.5 Å². The average Bonchev–Trinajstić information content (AvgIpc) is 2.79. The van der Waals surface area contributed by atoms with Crippen molar-refractivity contribution in [1.82, 2.24) is 5.16 Å². The second-order valence-electron chi connectivity index (χ2n) is 4.64. The summed E-state index contributed by atoms with van der Waals surface area (Å²) in [6.07, 6.45) is 0. The van der Waals surface area contributed by atoms with Gasteiger partial charge in [0.25, 0.3) is 5.91 Å². The second-order valence-corrected chi connectivity index (χ2v) is 4.64. The lowest BCUT2D eigenvalue weighted by molar-refractivity contribution is 0.102. The largest absolute Gasteiger partial charge is 0.384 e. The number of carbonyl (C=O) groups is 1. The van der Waals surface area contributed by atoms with E-state index in [0.717, 1.165) is 11.1 Å². The zero-order chi connectivity index (χ0) is 15.4. The van der Waals surface area contributed by atoms with Gasteiger partial charge in [-0.15, -0.1) is 0 Å². The van der Waals surface area contributed by atoms with E-state index in [0.29, 0.717) is 22.7 Å². The fourth-order valence-corrected chi connectivity index (χ4v) is 1.97. The van der Waals surface area contributed by atoms with Crippen molar-refractivity contribution in [3.05, 3.63) is 46.3 Å². The molecule has 1 heterocycles. The minimum absolute atomic E-state index is 0.200. The smallest absolute Gasteiger partial charge is 0.261 e. The highest BCUT2D eigenvalue weighted by Gasteiger charge is 2.18. The van der Waals surface area contributed by atoms with Crippen molar-refractivity contribution in [2.75, 3.05) is 11.9 Å². The summed E-state index contributed by atoms with van der Waals surface area (Å²) < 4.78 is 5.00. The molecule has 0 atom stereocenters. The maximum absolute atomic E-state index is 12.3. The summed E-state index contributed by atoms with van der Waals surface area (Å²) in [6.45, 7) is 5.12. The van der Waals surface area contributed by atoms with Crippen LogP contribution in [0.15, 0.2) is 22.7 Å². The molecule has 1 aromatic carbocycles. The molecule has 0 aliphatic rings. The summed E-state index contributed by atoms with van der Waals surface area (Å²) in [5, 5.41) is 15.3. The third kappa shape index (κ3) is 3.30. The molecule has 2 aromatic rings. The summed E-state index contributed by atoms with van der Waals surface area (Å²) >= 11 is 0. The number of amides is 1. The highest BCUT2D eigenvalue weighted by atomic mass is 16.5. The predicted octanol–water partition coefficient (Wildman–Crippen LogP) is 2.20. The SMILES string of the molecule is Cc1ccc(C#CCO)cc1NC(=O)c1c(C)noc1C. The first kappa shape index (κ1) is 14.8. The molecule has 0 aliphatic carbocycles. The minimum Gasteiger partial charge on any atom is -0.384 e. The van der Waals surface area contributed by atoms with Gasteiger partial charge in [0.1, 0.15) is 17.9 Å². The van der Waals surface area contributed by atoms with Gasteiger partial charge in [-0.25, -0.2) is 0 Å². The van der Waals surface area contributed by atoms with E-state index in [4.69, 9.17) is 9.63 Å². The Morgan fingerprint density at radius 2 is 2.14 bits per heavy atom. The molecule has 1 aromatic heterocycles. The Kier molecular flexibility index (Phi) is 4.41. The van der Waals surface area contributed by atoms with Crippen molar-refractivity contribution in [1.29, 1.82) is 0 Å². The molecule has 2 N–H and O–H groups in total. The zero-order valence-corrected chi connectivity index (χ0v) is 12.2. The molecule has 21 heavy (non-hydrogen) atoms. The molecular weight excluding hydrogens is 268 g/mol. The first-order valence-electron chi connectivity index (χ1n) is 6.47. The number of carbonyl (C=O) groups excluding carboxylic acids is 1. The second kappa shape index (κ2) is 6.25. The third-order valence-corrected chi connectivity index (χ3v) is 3.06. The lowest BCUT2D eigenvalue weighted by Crippen LogP contribution is -2.14. The van der Waals surface area contributed by atoms with Gasteiger partial charge in [-0.1, -0.05) is 23.1 Å². The van der Waals surface area contributed by atoms with Crippen molar-refractivity contribution in [3.63, 3.8) is 0 Å². The van der Waals surface area contributed by atoms with Crippen LogP contribution in [0, 0.1) is 32.6 Å². The number of aliphatic hydroxyl groups excluding tert-OH is 1. The number of benzene rings is 1. The molecule has 5 heteroatoms. The Morgan fingerprint density at radius 3 is 2.76 bits per heavy atom. The van der Waals surface area contributed by atoms with Gasteiger partial charge >= 0.3 is 0 Å². The number of hydrogen-bond acceptors (Lipinski definition) is 4. The van der Waals surface area contributed by atoms with E-state index in [1.807, 2.05) is 19.1 Å². The summed E-state index contributed by atoms with van der Waals surface area (Å²) in [5.41, 5.74) is 3.32. The molecule has 0 spiro atoms. The van der Waals surface area contributed by atoms with Gasteiger partial charge in [0.2, 0.25) is 0 Å². The molecule has 0 unspecified atom stereocenters. The molecule has 1 amide bonds. The van der Waals surface area contributed by atoms with Crippen molar-refractivity contribution >= 4 is 11.6 Å². The highest BCUT2D eigenvalue weighted by molar-refractivity contribution is 6.06. The molecule has 2 rings (SSSR count). The van der Waals surface area contributed by atoms with Crippen molar-refractivity contribution in [2.45, 2.75) is 20.8 Å². The molecule has 0 saturated carbocycles. The lowest BCUT2D eigenvalue weighted by Gasteiger charge is -2.08. The molecule has 5 nitrogen and oxygen atoms in total. The molecule has 0 radical (unpaired) electrons. The number of aromatic nitrogens is 1. The Morgan fingerprint density at radius 1 is 1.38 bits per heavy atom. The summed E-state index contributed by atoms with van der Waals surface area (Å²) in [5.74, 6) is 5.61. The van der Waals surface area contributed by atoms with Crippen molar-refractivity contribution in [3.8, 4) is 11.8 Å². The maximum Gasteiger partial charge on any atom is 0.261 e. The lowest BCUT2D eigenvalue weighted by atomic mass is 10.1. The number of aliphatic hydroxyl groups is 1. The Labute approximate surface area is 123 Å². The molecule has 0 bridgehead atoms. The van der Waals surface area contributed by atoms with E-state index in [1.54, 1.807) is 19.9 Å². The van der Waals surface area contributed by atoms with Crippen LogP contribution in [0.3, 0.4) is 0 Å². The number of anilines is 1. The quantitative estimate of drug-likeness (QED) is 0.829. The normalized spacial score (nSPS) is 9.90. The number of hydrogen-bond donors (Lipinski definition) is 2. The third-order valence-electron chi connectivity index (χ3n) is 3.06. The first-order chi connectivity index (χ1) is 10.0. The van der Waals surface area contributed by atoms with Gasteiger partial charge in [0.05, 0.1) is 5.69 Å². The van der Waals surface area contributed by atoms with E-state index in [2.05, 4.69) is 22.3 Å². The van der Waals surface area contributed by atoms with E-state index >= 15 is 0 Å².